The summed E-state index contributed by atoms with van der Waals surface area (Å²) in [4.78, 5) is 0. The molecule has 0 amide bonds. The van der Waals surface area contributed by atoms with Crippen LogP contribution in [0, 0.1) is 0 Å². The highest BCUT2D eigenvalue weighted by Gasteiger charge is 1.97. The smallest absolute Gasteiger partial charge is 0.128 e. The number of hydrogen-bond donors (Lipinski definition) is 2. The molecule has 0 atom stereocenters. The highest BCUT2D eigenvalue weighted by molar-refractivity contribution is 5.48. The topological polar surface area (TPSA) is 41.5 Å². The first-order chi connectivity index (χ1) is 7.76. The number of anilines is 1. The molecule has 16 heavy (non-hydrogen) atoms. The summed E-state index contributed by atoms with van der Waals surface area (Å²) in [6.07, 6.45) is 2.67. The van der Waals surface area contributed by atoms with E-state index < -0.39 is 0 Å². The van der Waals surface area contributed by atoms with Crippen LogP contribution >= 0.6 is 0 Å². The van der Waals surface area contributed by atoms with Crippen LogP contribution in [0.5, 0.6) is 5.75 Å². The normalized spacial score (nSPS) is 11.3. The molecule has 0 aromatic heterocycles. The number of nitrogens with one attached hydrogen (secondary N) is 1. The Kier molecular flexibility index (Phi) is 5.43. The second kappa shape index (κ2) is 6.90. The van der Waals surface area contributed by atoms with Crippen molar-refractivity contribution in [3.05, 3.63) is 36.1 Å². The number of hydrogen-bond acceptors (Lipinski definition) is 3. The van der Waals surface area contributed by atoms with Crippen molar-refractivity contribution in [3.63, 3.8) is 0 Å². The molecule has 0 unspecified atom stereocenters. The first kappa shape index (κ1) is 12.6. The maximum Gasteiger partial charge on any atom is 0.128 e. The predicted molar refractivity (Wildman–Crippen MR) is 66.7 cm³/mol. The summed E-state index contributed by atoms with van der Waals surface area (Å²) in [6.45, 7) is 4.84. The van der Waals surface area contributed by atoms with E-state index in [1.54, 1.807) is 0 Å². The second-order valence-corrected chi connectivity index (χ2v) is 3.53. The zero-order valence-corrected chi connectivity index (χ0v) is 9.86. The molecule has 0 saturated heterocycles. The summed E-state index contributed by atoms with van der Waals surface area (Å²) < 4.78 is 5.58. The van der Waals surface area contributed by atoms with Gasteiger partial charge in [-0.05, 0) is 38.5 Å². The van der Waals surface area contributed by atoms with Crippen LogP contribution in [0.15, 0.2) is 36.1 Å². The summed E-state index contributed by atoms with van der Waals surface area (Å²) in [6, 6.07) is 7.80. The third-order valence-electron chi connectivity index (χ3n) is 2.18. The number of allylic oxidation sites excluding steroid dienone is 2. The monoisotopic (exact) mass is 221 g/mol. The molecule has 1 aromatic rings. The minimum absolute atomic E-state index is 0.209. The van der Waals surface area contributed by atoms with E-state index in [2.05, 4.69) is 5.32 Å². The van der Waals surface area contributed by atoms with Crippen LogP contribution < -0.4 is 10.1 Å². The number of benzene rings is 1. The molecule has 0 aliphatic heterocycles. The summed E-state index contributed by atoms with van der Waals surface area (Å²) in [5, 5.41) is 11.9. The molecule has 0 aliphatic carbocycles. The molecule has 1 aromatic carbocycles. The zero-order valence-electron chi connectivity index (χ0n) is 9.86. The Morgan fingerprint density at radius 2 is 2.31 bits per heavy atom. The number of rotatable bonds is 6. The maximum atomic E-state index is 8.68. The van der Waals surface area contributed by atoms with E-state index in [1.165, 1.54) is 0 Å². The van der Waals surface area contributed by atoms with Crippen LogP contribution in [-0.4, -0.2) is 18.3 Å². The van der Waals surface area contributed by atoms with Crippen LogP contribution in [0.3, 0.4) is 0 Å². The van der Waals surface area contributed by atoms with E-state index in [4.69, 9.17) is 9.84 Å². The minimum Gasteiger partial charge on any atom is -0.462 e. The van der Waals surface area contributed by atoms with Gasteiger partial charge in [0.1, 0.15) is 5.75 Å². The second-order valence-electron chi connectivity index (χ2n) is 3.53. The van der Waals surface area contributed by atoms with Gasteiger partial charge in [0.2, 0.25) is 0 Å². The lowest BCUT2D eigenvalue weighted by Crippen LogP contribution is -2.03. The lowest BCUT2D eigenvalue weighted by atomic mass is 10.3. The molecule has 3 nitrogen and oxygen atoms in total. The van der Waals surface area contributed by atoms with E-state index in [1.807, 2.05) is 44.2 Å². The van der Waals surface area contributed by atoms with Gasteiger partial charge in [-0.15, -0.1) is 0 Å². The molecule has 0 fully saturated rings. The first-order valence-corrected chi connectivity index (χ1v) is 5.52. The molecule has 88 valence electrons. The number of ether oxygens (including phenoxy) is 1. The summed E-state index contributed by atoms with van der Waals surface area (Å²) in [5.41, 5.74) is 1.01. The van der Waals surface area contributed by atoms with E-state index in [9.17, 15) is 0 Å². The molecule has 0 saturated carbocycles. The zero-order chi connectivity index (χ0) is 11.8. The van der Waals surface area contributed by atoms with Gasteiger partial charge in [0, 0.05) is 24.9 Å². The number of aliphatic hydroxyl groups excluding tert-OH is 1. The lowest BCUT2D eigenvalue weighted by Gasteiger charge is -2.09. The average Bonchev–Trinajstić information content (AvgIpc) is 2.30. The lowest BCUT2D eigenvalue weighted by molar-refractivity contribution is 0.292. The highest BCUT2D eigenvalue weighted by atomic mass is 16.5. The number of aliphatic hydroxyl groups is 1. The Bertz CT molecular complexity index is 348. The molecule has 0 bridgehead atoms. The van der Waals surface area contributed by atoms with Gasteiger partial charge < -0.3 is 15.2 Å². The molecular formula is C13H19NO2. The van der Waals surface area contributed by atoms with Crippen LogP contribution in [0.2, 0.25) is 0 Å². The van der Waals surface area contributed by atoms with Gasteiger partial charge in [-0.2, -0.15) is 0 Å². The largest absolute Gasteiger partial charge is 0.462 e. The first-order valence-electron chi connectivity index (χ1n) is 5.52. The van der Waals surface area contributed by atoms with Crippen LogP contribution in [0.25, 0.3) is 0 Å². The van der Waals surface area contributed by atoms with E-state index in [-0.39, 0.29) is 6.61 Å². The van der Waals surface area contributed by atoms with Crippen LogP contribution in [0.4, 0.5) is 5.69 Å². The quantitative estimate of drug-likeness (QED) is 0.573. The predicted octanol–water partition coefficient (Wildman–Crippen LogP) is 2.78. The molecular weight excluding hydrogens is 202 g/mol. The fraction of sp³-hybridized carbons (Fsp3) is 0.385. The maximum absolute atomic E-state index is 8.68. The van der Waals surface area contributed by atoms with Crippen LogP contribution in [-0.2, 0) is 0 Å². The minimum atomic E-state index is 0.209. The molecule has 0 heterocycles. The fourth-order valence-corrected chi connectivity index (χ4v) is 1.23. The van der Waals surface area contributed by atoms with Crippen molar-refractivity contribution in [2.45, 2.75) is 20.3 Å². The van der Waals surface area contributed by atoms with Gasteiger partial charge in [-0.1, -0.05) is 6.07 Å². The summed E-state index contributed by atoms with van der Waals surface area (Å²) in [5.74, 6) is 1.71. The molecule has 0 spiro atoms. The van der Waals surface area contributed by atoms with Gasteiger partial charge in [-0.3, -0.25) is 0 Å². The highest BCUT2D eigenvalue weighted by Crippen LogP contribution is 2.19. The Morgan fingerprint density at radius 3 is 3.00 bits per heavy atom. The van der Waals surface area contributed by atoms with Crippen LogP contribution in [0.1, 0.15) is 20.3 Å². The van der Waals surface area contributed by atoms with E-state index in [0.29, 0.717) is 0 Å². The van der Waals surface area contributed by atoms with Crippen molar-refractivity contribution >= 4 is 5.69 Å². The summed E-state index contributed by atoms with van der Waals surface area (Å²) in [7, 11) is 0. The van der Waals surface area contributed by atoms with Crippen molar-refractivity contribution in [1.82, 2.24) is 0 Å². The van der Waals surface area contributed by atoms with Gasteiger partial charge in [0.15, 0.2) is 0 Å². The average molecular weight is 221 g/mol. The Labute approximate surface area is 96.8 Å². The Hall–Kier alpha value is -1.48. The third kappa shape index (κ3) is 4.36. The van der Waals surface area contributed by atoms with E-state index in [0.717, 1.165) is 30.2 Å². The molecule has 3 heteroatoms. The van der Waals surface area contributed by atoms with E-state index >= 15 is 0 Å². The molecule has 2 N–H and O–H groups in total. The SMILES string of the molecule is C/C=C(\C)Oc1cccc(NCCCO)c1. The van der Waals surface area contributed by atoms with Crippen molar-refractivity contribution in [2.24, 2.45) is 0 Å². The fourth-order valence-electron chi connectivity index (χ4n) is 1.23. The standard InChI is InChI=1S/C13H19NO2/c1-3-11(2)16-13-7-4-6-12(10-13)14-8-5-9-15/h3-4,6-7,10,14-15H,5,8-9H2,1-2H3/b11-3+. The van der Waals surface area contributed by atoms with Gasteiger partial charge >= 0.3 is 0 Å². The summed E-state index contributed by atoms with van der Waals surface area (Å²) >= 11 is 0. The third-order valence-corrected chi connectivity index (χ3v) is 2.18. The van der Waals surface area contributed by atoms with Crippen molar-refractivity contribution in [1.29, 1.82) is 0 Å². The van der Waals surface area contributed by atoms with Crippen molar-refractivity contribution < 1.29 is 9.84 Å². The molecule has 1 rings (SSSR count). The Balaban J connectivity index is 2.57. The van der Waals surface area contributed by atoms with Gasteiger partial charge in [-0.25, -0.2) is 0 Å². The van der Waals surface area contributed by atoms with Gasteiger partial charge in [0.25, 0.3) is 0 Å². The van der Waals surface area contributed by atoms with Gasteiger partial charge in [0.05, 0.1) is 5.76 Å². The molecule has 0 radical (unpaired) electrons. The molecule has 0 aliphatic rings. The van der Waals surface area contributed by atoms with Crippen molar-refractivity contribution in [3.8, 4) is 5.75 Å². The van der Waals surface area contributed by atoms with Crippen molar-refractivity contribution in [2.75, 3.05) is 18.5 Å². The Morgan fingerprint density at radius 1 is 1.50 bits per heavy atom.